The molecule has 2 aromatic heterocycles. The van der Waals surface area contributed by atoms with Gasteiger partial charge >= 0.3 is 6.09 Å². The molecule has 0 spiro atoms. The first kappa shape index (κ1) is 27.8. The summed E-state index contributed by atoms with van der Waals surface area (Å²) in [5.74, 6) is 0.271. The maximum absolute atomic E-state index is 12.8. The van der Waals surface area contributed by atoms with Crippen LogP contribution in [0, 0.1) is 0 Å². The van der Waals surface area contributed by atoms with Gasteiger partial charge in [0.05, 0.1) is 32.7 Å². The molecule has 192 valence electrons. The van der Waals surface area contributed by atoms with E-state index in [1.54, 1.807) is 32.9 Å². The number of carbonyl (C=O) groups is 3. The van der Waals surface area contributed by atoms with Gasteiger partial charge < -0.3 is 24.6 Å². The van der Waals surface area contributed by atoms with Crippen molar-refractivity contribution in [1.29, 1.82) is 0 Å². The molecule has 0 unspecified atom stereocenters. The molecule has 2 heterocycles. The van der Waals surface area contributed by atoms with Gasteiger partial charge in [-0.1, -0.05) is 0 Å². The van der Waals surface area contributed by atoms with Gasteiger partial charge in [0, 0.05) is 24.9 Å². The number of quaternary nitrogens is 1. The fraction of sp³-hybridized carbons (Fsp3) is 0.542. The Morgan fingerprint density at radius 1 is 1.11 bits per heavy atom. The number of alkyl carbamates (subject to hydrolysis) is 1. The molecular formula is C24H36N5O6+. The summed E-state index contributed by atoms with van der Waals surface area (Å²) in [6, 6.07) is 4.17. The summed E-state index contributed by atoms with van der Waals surface area (Å²) >= 11 is 0. The van der Waals surface area contributed by atoms with Gasteiger partial charge in [-0.3, -0.25) is 14.1 Å². The number of Topliss-reactive ketones (excluding diaryl/α,β-unsaturated/α-hetero) is 1. The van der Waals surface area contributed by atoms with Crippen LogP contribution in [0.1, 0.15) is 50.4 Å². The van der Waals surface area contributed by atoms with Crippen molar-refractivity contribution in [2.45, 2.75) is 51.7 Å². The Labute approximate surface area is 205 Å². The number of nitrogens with one attached hydrogen (secondary N) is 2. The lowest BCUT2D eigenvalue weighted by Gasteiger charge is -2.22. The van der Waals surface area contributed by atoms with Crippen molar-refractivity contribution in [2.75, 3.05) is 34.3 Å². The van der Waals surface area contributed by atoms with Crippen molar-refractivity contribution in [3.8, 4) is 5.88 Å². The smallest absolute Gasteiger partial charge is 0.407 e. The van der Waals surface area contributed by atoms with Crippen molar-refractivity contribution in [3.63, 3.8) is 0 Å². The molecule has 35 heavy (non-hydrogen) atoms. The molecule has 0 radical (unpaired) electrons. The zero-order valence-corrected chi connectivity index (χ0v) is 21.3. The Kier molecular flexibility index (Phi) is 9.76. The van der Waals surface area contributed by atoms with Crippen molar-refractivity contribution in [2.24, 2.45) is 0 Å². The average molecular weight is 491 g/mol. The number of pyridine rings is 1. The minimum Gasteiger partial charge on any atom is -0.467 e. The zero-order chi connectivity index (χ0) is 26.1. The summed E-state index contributed by atoms with van der Waals surface area (Å²) < 4.78 is 15.8. The van der Waals surface area contributed by atoms with Crippen LogP contribution in [0.15, 0.2) is 35.2 Å². The fourth-order valence-corrected chi connectivity index (χ4v) is 2.97. The van der Waals surface area contributed by atoms with Gasteiger partial charge in [0.2, 0.25) is 5.82 Å². The van der Waals surface area contributed by atoms with E-state index in [-0.39, 0.29) is 18.3 Å². The number of unbranched alkanes of at least 4 members (excludes halogenated alkanes) is 1. The first-order valence-corrected chi connectivity index (χ1v) is 11.5. The Bertz CT molecular complexity index is 962. The number of ketones is 1. The summed E-state index contributed by atoms with van der Waals surface area (Å²) in [4.78, 5) is 41.7. The number of amides is 2. The lowest BCUT2D eigenvalue weighted by atomic mass is 10.0. The van der Waals surface area contributed by atoms with Crippen molar-refractivity contribution < 1.29 is 28.4 Å². The van der Waals surface area contributed by atoms with E-state index in [1.807, 2.05) is 21.1 Å². The second-order valence-corrected chi connectivity index (χ2v) is 9.96. The van der Waals surface area contributed by atoms with E-state index >= 15 is 0 Å². The highest BCUT2D eigenvalue weighted by molar-refractivity contribution is 5.98. The Morgan fingerprint density at radius 3 is 2.43 bits per heavy atom. The quantitative estimate of drug-likeness (QED) is 0.343. The third-order valence-electron chi connectivity index (χ3n) is 4.76. The number of hydrogen-bond acceptors (Lipinski definition) is 8. The SMILES string of the molecule is CC(C)(C)OC(=O)NCCCC[C@H](NC(=O)c1ccc([N+](C)(C)C)nc1)C(=O)COc1ccon1. The number of rotatable bonds is 12. The van der Waals surface area contributed by atoms with Gasteiger partial charge in [-0.05, 0) is 51.3 Å². The summed E-state index contributed by atoms with van der Waals surface area (Å²) in [7, 11) is 5.93. The van der Waals surface area contributed by atoms with E-state index in [2.05, 4.69) is 20.8 Å². The molecule has 1 atom stereocenters. The number of hydrogen-bond donors (Lipinski definition) is 2. The minimum atomic E-state index is -0.783. The van der Waals surface area contributed by atoms with E-state index in [0.29, 0.717) is 35.9 Å². The zero-order valence-electron chi connectivity index (χ0n) is 21.3. The van der Waals surface area contributed by atoms with Gasteiger partial charge in [0.1, 0.15) is 11.9 Å². The predicted molar refractivity (Wildman–Crippen MR) is 130 cm³/mol. The molecule has 0 saturated heterocycles. The fourth-order valence-electron chi connectivity index (χ4n) is 2.97. The van der Waals surface area contributed by atoms with Crippen LogP contribution in [-0.2, 0) is 9.53 Å². The van der Waals surface area contributed by atoms with Gasteiger partial charge in [-0.25, -0.2) is 9.78 Å². The van der Waals surface area contributed by atoms with Gasteiger partial charge in [-0.15, -0.1) is 0 Å². The molecular weight excluding hydrogens is 454 g/mol. The lowest BCUT2D eigenvalue weighted by Crippen LogP contribution is -2.43. The van der Waals surface area contributed by atoms with Crippen LogP contribution >= 0.6 is 0 Å². The molecule has 0 aromatic carbocycles. The summed E-state index contributed by atoms with van der Waals surface area (Å²) in [6.45, 7) is 5.48. The van der Waals surface area contributed by atoms with E-state index in [4.69, 9.17) is 14.0 Å². The minimum absolute atomic E-state index is 0.185. The van der Waals surface area contributed by atoms with E-state index in [1.165, 1.54) is 18.5 Å². The average Bonchev–Trinajstić information content (AvgIpc) is 3.28. The maximum atomic E-state index is 12.8. The van der Waals surface area contributed by atoms with Crippen LogP contribution in [0.3, 0.4) is 0 Å². The number of aromatic nitrogens is 2. The molecule has 0 fully saturated rings. The van der Waals surface area contributed by atoms with Gasteiger partial charge in [0.25, 0.3) is 11.8 Å². The number of carbonyl (C=O) groups excluding carboxylic acids is 3. The van der Waals surface area contributed by atoms with Gasteiger partial charge in [0.15, 0.2) is 12.4 Å². The van der Waals surface area contributed by atoms with E-state index in [9.17, 15) is 14.4 Å². The van der Waals surface area contributed by atoms with Crippen molar-refractivity contribution in [3.05, 3.63) is 36.2 Å². The van der Waals surface area contributed by atoms with Crippen molar-refractivity contribution >= 4 is 23.6 Å². The maximum Gasteiger partial charge on any atom is 0.407 e. The highest BCUT2D eigenvalue weighted by Crippen LogP contribution is 2.14. The molecule has 2 aromatic rings. The summed E-state index contributed by atoms with van der Waals surface area (Å²) in [5, 5.41) is 9.08. The van der Waals surface area contributed by atoms with Crippen LogP contribution < -0.4 is 19.9 Å². The van der Waals surface area contributed by atoms with E-state index < -0.39 is 23.6 Å². The molecule has 2 N–H and O–H groups in total. The molecule has 0 bridgehead atoms. The standard InChI is InChI=1S/C24H35N5O6/c1-24(2,3)35-23(32)25-13-8-7-9-18(19(30)16-33-21-12-14-34-28-21)27-22(31)17-10-11-20(26-15-17)29(4,5)6/h10-12,14-15,18H,7-9,13,16H2,1-6H3,(H-,25,27,31,32)/p+1/t18-/m0/s1. The van der Waals surface area contributed by atoms with Crippen LogP contribution in [-0.4, -0.2) is 73.9 Å². The predicted octanol–water partition coefficient (Wildman–Crippen LogP) is 2.71. The molecule has 2 rings (SSSR count). The second kappa shape index (κ2) is 12.3. The normalized spacial score (nSPS) is 12.5. The molecule has 11 heteroatoms. The van der Waals surface area contributed by atoms with Crippen molar-refractivity contribution in [1.82, 2.24) is 25.3 Å². The largest absolute Gasteiger partial charge is 0.467 e. The molecule has 0 saturated carbocycles. The number of ether oxygens (including phenoxy) is 2. The molecule has 11 nitrogen and oxygen atoms in total. The second-order valence-electron chi connectivity index (χ2n) is 9.96. The highest BCUT2D eigenvalue weighted by Gasteiger charge is 2.23. The first-order valence-electron chi connectivity index (χ1n) is 11.5. The molecule has 0 aliphatic heterocycles. The Morgan fingerprint density at radius 2 is 1.86 bits per heavy atom. The Hall–Kier alpha value is -3.47. The number of nitrogens with zero attached hydrogens (tertiary/aromatic N) is 3. The van der Waals surface area contributed by atoms with Crippen LogP contribution in [0.4, 0.5) is 10.6 Å². The van der Waals surface area contributed by atoms with Crippen LogP contribution in [0.2, 0.25) is 0 Å². The highest BCUT2D eigenvalue weighted by atomic mass is 16.6. The molecule has 2 amide bonds. The topological polar surface area (TPSA) is 133 Å². The van der Waals surface area contributed by atoms with Gasteiger partial charge in [-0.2, -0.15) is 0 Å². The summed E-state index contributed by atoms with van der Waals surface area (Å²) in [6.07, 6.45) is 3.88. The van der Waals surface area contributed by atoms with E-state index in [0.717, 1.165) is 5.82 Å². The lowest BCUT2D eigenvalue weighted by molar-refractivity contribution is -0.123. The third-order valence-corrected chi connectivity index (χ3v) is 4.76. The summed E-state index contributed by atoms with van der Waals surface area (Å²) in [5.41, 5.74) is -0.224. The van der Waals surface area contributed by atoms with Crippen LogP contribution in [0.5, 0.6) is 5.88 Å². The third kappa shape index (κ3) is 10.1. The first-order chi connectivity index (χ1) is 16.3. The molecule has 0 aliphatic rings. The Balaban J connectivity index is 1.94. The van der Waals surface area contributed by atoms with Crippen LogP contribution in [0.25, 0.3) is 0 Å². The molecule has 0 aliphatic carbocycles. The monoisotopic (exact) mass is 490 g/mol.